The zero-order valence-corrected chi connectivity index (χ0v) is 10.8. The molecule has 0 saturated heterocycles. The summed E-state index contributed by atoms with van der Waals surface area (Å²) in [5.74, 6) is -0.278. The highest BCUT2D eigenvalue weighted by Crippen LogP contribution is 2.20. The summed E-state index contributed by atoms with van der Waals surface area (Å²) in [5.41, 5.74) is 0.961. The number of carbonyl (C=O) groups is 1. The maximum Gasteiger partial charge on any atom is 0.326 e. The van der Waals surface area contributed by atoms with Gasteiger partial charge in [-0.1, -0.05) is 11.6 Å². The van der Waals surface area contributed by atoms with E-state index in [2.05, 4.69) is 0 Å². The molecule has 0 aliphatic heterocycles. The highest BCUT2D eigenvalue weighted by molar-refractivity contribution is 6.31. The number of ether oxygens (including phenoxy) is 2. The van der Waals surface area contributed by atoms with Crippen molar-refractivity contribution in [3.63, 3.8) is 0 Å². The van der Waals surface area contributed by atoms with E-state index < -0.39 is 0 Å². The molecule has 0 radical (unpaired) electrons. The lowest BCUT2D eigenvalue weighted by Crippen LogP contribution is -2.15. The molecule has 0 atom stereocenters. The minimum Gasteiger partial charge on any atom is -0.462 e. The Labute approximate surface area is 110 Å². The fraction of sp³-hybridized carbons (Fsp3) is 0.308. The van der Waals surface area contributed by atoms with Crippen LogP contribution in [0.2, 0.25) is 5.02 Å². The first kappa shape index (κ1) is 12.9. The lowest BCUT2D eigenvalue weighted by Gasteiger charge is -2.06. The van der Waals surface area contributed by atoms with Crippen LogP contribution in [0.15, 0.2) is 30.5 Å². The molecule has 4 nitrogen and oxygen atoms in total. The monoisotopic (exact) mass is 267 g/mol. The van der Waals surface area contributed by atoms with Crippen LogP contribution in [0.5, 0.6) is 0 Å². The fourth-order valence-corrected chi connectivity index (χ4v) is 1.91. The molecule has 18 heavy (non-hydrogen) atoms. The molecule has 1 aromatic heterocycles. The van der Waals surface area contributed by atoms with E-state index in [1.54, 1.807) is 13.2 Å². The summed E-state index contributed by atoms with van der Waals surface area (Å²) >= 11 is 5.90. The number of hydrogen-bond acceptors (Lipinski definition) is 3. The Balaban J connectivity index is 2.05. The van der Waals surface area contributed by atoms with Gasteiger partial charge in [0.2, 0.25) is 0 Å². The maximum atomic E-state index is 11.6. The second-order valence-corrected chi connectivity index (χ2v) is 4.30. The third-order valence-electron chi connectivity index (χ3n) is 2.58. The number of benzene rings is 1. The van der Waals surface area contributed by atoms with Gasteiger partial charge in [0, 0.05) is 29.2 Å². The molecule has 2 aromatic rings. The van der Waals surface area contributed by atoms with E-state index in [9.17, 15) is 4.79 Å². The predicted octanol–water partition coefficient (Wildman–Crippen LogP) is 2.48. The number of nitrogens with zero attached hydrogens (tertiary/aromatic N) is 1. The summed E-state index contributed by atoms with van der Waals surface area (Å²) in [6, 6.07) is 7.48. The Morgan fingerprint density at radius 3 is 2.94 bits per heavy atom. The van der Waals surface area contributed by atoms with E-state index in [0.717, 1.165) is 10.9 Å². The number of hydrogen-bond donors (Lipinski definition) is 0. The summed E-state index contributed by atoms with van der Waals surface area (Å²) < 4.78 is 11.7. The van der Waals surface area contributed by atoms with Gasteiger partial charge >= 0.3 is 5.97 Å². The largest absolute Gasteiger partial charge is 0.462 e. The number of halogens is 1. The van der Waals surface area contributed by atoms with Crippen LogP contribution in [0.3, 0.4) is 0 Å². The summed E-state index contributed by atoms with van der Waals surface area (Å²) in [6.07, 6.45) is 1.85. The van der Waals surface area contributed by atoms with E-state index in [1.165, 1.54) is 0 Å². The molecule has 0 fully saturated rings. The highest BCUT2D eigenvalue weighted by atomic mass is 35.5. The normalized spacial score (nSPS) is 10.8. The molecule has 0 spiro atoms. The van der Waals surface area contributed by atoms with Gasteiger partial charge in [0.1, 0.15) is 13.2 Å². The van der Waals surface area contributed by atoms with E-state index in [-0.39, 0.29) is 19.1 Å². The Bertz CT molecular complexity index is 550. The standard InChI is InChI=1S/C13H14ClNO3/c1-17-6-7-18-13(16)9-15-5-4-10-8-11(14)2-3-12(10)15/h2-5,8H,6-7,9H2,1H3. The van der Waals surface area contributed by atoms with Gasteiger partial charge in [-0.15, -0.1) is 0 Å². The van der Waals surface area contributed by atoms with Gasteiger partial charge in [0.05, 0.1) is 6.61 Å². The van der Waals surface area contributed by atoms with Crippen molar-refractivity contribution in [2.24, 2.45) is 0 Å². The number of esters is 1. The van der Waals surface area contributed by atoms with Crippen molar-refractivity contribution in [2.45, 2.75) is 6.54 Å². The summed E-state index contributed by atoms with van der Waals surface area (Å²) in [6.45, 7) is 0.878. The number of fused-ring (bicyclic) bond motifs is 1. The van der Waals surface area contributed by atoms with E-state index in [0.29, 0.717) is 11.6 Å². The van der Waals surface area contributed by atoms with Crippen LogP contribution in [0.4, 0.5) is 0 Å². The van der Waals surface area contributed by atoms with Crippen molar-refractivity contribution < 1.29 is 14.3 Å². The van der Waals surface area contributed by atoms with Crippen molar-refractivity contribution in [1.82, 2.24) is 4.57 Å². The van der Waals surface area contributed by atoms with E-state index in [4.69, 9.17) is 21.1 Å². The van der Waals surface area contributed by atoms with Gasteiger partial charge in [-0.3, -0.25) is 4.79 Å². The summed E-state index contributed by atoms with van der Waals surface area (Å²) in [7, 11) is 1.57. The Kier molecular flexibility index (Phi) is 4.23. The molecule has 0 N–H and O–H groups in total. The third kappa shape index (κ3) is 3.03. The van der Waals surface area contributed by atoms with Crippen LogP contribution in [0.1, 0.15) is 0 Å². The van der Waals surface area contributed by atoms with Gasteiger partial charge < -0.3 is 14.0 Å². The van der Waals surface area contributed by atoms with Crippen molar-refractivity contribution in [1.29, 1.82) is 0 Å². The maximum absolute atomic E-state index is 11.6. The van der Waals surface area contributed by atoms with Crippen molar-refractivity contribution in [3.05, 3.63) is 35.5 Å². The second-order valence-electron chi connectivity index (χ2n) is 3.86. The minimum absolute atomic E-state index is 0.189. The zero-order chi connectivity index (χ0) is 13.0. The van der Waals surface area contributed by atoms with Crippen LogP contribution in [-0.4, -0.2) is 30.9 Å². The van der Waals surface area contributed by atoms with Crippen LogP contribution in [0.25, 0.3) is 10.9 Å². The van der Waals surface area contributed by atoms with Crippen LogP contribution in [0, 0.1) is 0 Å². The molecular weight excluding hydrogens is 254 g/mol. The van der Waals surface area contributed by atoms with Crippen molar-refractivity contribution in [3.8, 4) is 0 Å². The smallest absolute Gasteiger partial charge is 0.326 e. The zero-order valence-electron chi connectivity index (χ0n) is 10.1. The summed E-state index contributed by atoms with van der Waals surface area (Å²) in [4.78, 5) is 11.6. The Morgan fingerprint density at radius 2 is 2.17 bits per heavy atom. The molecule has 5 heteroatoms. The SMILES string of the molecule is COCCOC(=O)Cn1ccc2cc(Cl)ccc21. The first-order valence-corrected chi connectivity index (χ1v) is 5.97. The molecule has 96 valence electrons. The highest BCUT2D eigenvalue weighted by Gasteiger charge is 2.07. The average Bonchev–Trinajstić information content (AvgIpc) is 2.72. The molecule has 0 aliphatic carbocycles. The topological polar surface area (TPSA) is 40.5 Å². The predicted molar refractivity (Wildman–Crippen MR) is 69.8 cm³/mol. The van der Waals surface area contributed by atoms with Gasteiger partial charge in [-0.25, -0.2) is 0 Å². The number of aromatic nitrogens is 1. The molecule has 1 aromatic carbocycles. The van der Waals surface area contributed by atoms with Gasteiger partial charge in [-0.05, 0) is 24.3 Å². The lowest BCUT2D eigenvalue weighted by atomic mass is 10.2. The van der Waals surface area contributed by atoms with Gasteiger partial charge in [0.15, 0.2) is 0 Å². The van der Waals surface area contributed by atoms with Gasteiger partial charge in [0.25, 0.3) is 0 Å². The number of methoxy groups -OCH3 is 1. The molecular formula is C13H14ClNO3. The second kappa shape index (κ2) is 5.89. The molecule has 2 rings (SSSR count). The van der Waals surface area contributed by atoms with Crippen molar-refractivity contribution >= 4 is 28.5 Å². The molecule has 1 heterocycles. The molecule has 0 unspecified atom stereocenters. The van der Waals surface area contributed by atoms with Crippen LogP contribution < -0.4 is 0 Å². The average molecular weight is 268 g/mol. The molecule has 0 saturated carbocycles. The third-order valence-corrected chi connectivity index (χ3v) is 2.82. The Hall–Kier alpha value is -1.52. The molecule has 0 aliphatic rings. The number of rotatable bonds is 5. The Morgan fingerprint density at radius 1 is 1.33 bits per heavy atom. The molecule has 0 amide bonds. The fourth-order valence-electron chi connectivity index (χ4n) is 1.73. The lowest BCUT2D eigenvalue weighted by molar-refractivity contribution is -0.145. The van der Waals surface area contributed by atoms with Crippen molar-refractivity contribution in [2.75, 3.05) is 20.3 Å². The quantitative estimate of drug-likeness (QED) is 0.617. The van der Waals surface area contributed by atoms with E-state index in [1.807, 2.05) is 29.0 Å². The van der Waals surface area contributed by atoms with E-state index >= 15 is 0 Å². The minimum atomic E-state index is -0.278. The first-order chi connectivity index (χ1) is 8.70. The number of carbonyl (C=O) groups excluding carboxylic acids is 1. The van der Waals surface area contributed by atoms with Crippen LogP contribution >= 0.6 is 11.6 Å². The first-order valence-electron chi connectivity index (χ1n) is 5.59. The van der Waals surface area contributed by atoms with Gasteiger partial charge in [-0.2, -0.15) is 0 Å². The molecule has 0 bridgehead atoms. The van der Waals surface area contributed by atoms with Crippen LogP contribution in [-0.2, 0) is 20.8 Å². The summed E-state index contributed by atoms with van der Waals surface area (Å²) in [5, 5.41) is 1.69.